The average Bonchev–Trinajstić information content (AvgIpc) is 3.53. The number of urea groups is 1. The molecular formula is C34H43ClN6O4S. The number of halogens is 1. The van der Waals surface area contributed by atoms with Crippen LogP contribution in [0.3, 0.4) is 0 Å². The number of fused-ring (bicyclic) bond motifs is 1. The lowest BCUT2D eigenvalue weighted by atomic mass is 9.79. The number of thiophene rings is 1. The molecule has 0 spiro atoms. The van der Waals surface area contributed by atoms with Crippen LogP contribution in [0.2, 0.25) is 5.02 Å². The summed E-state index contributed by atoms with van der Waals surface area (Å²) in [4.78, 5) is 49.2. The summed E-state index contributed by atoms with van der Waals surface area (Å²) in [6.45, 7) is 5.00. The highest BCUT2D eigenvalue weighted by molar-refractivity contribution is 7.10. The molecule has 3 fully saturated rings. The second kappa shape index (κ2) is 14.1. The summed E-state index contributed by atoms with van der Waals surface area (Å²) in [5.74, 6) is 3.67. The standard InChI is InChI=1S/C34H43ClN6O4S/c1-3-23-18-22(19-27(35)31(23)36)20-29(32(42)39-13-6-25(7-14-39)24-4-11-38(2)12-5-24)45-34(44)40-15-8-26(9-16-40)41-21-30-28(10-17-46-30)37-33(41)43/h1,10,17-19,24-26,29H,4-9,11-16,20-21,36H2,2H3,(H,37,43)/t29-/m1/s1. The predicted octanol–water partition coefficient (Wildman–Crippen LogP) is 5.11. The third-order valence-electron chi connectivity index (χ3n) is 10.3. The molecule has 10 nitrogen and oxygen atoms in total. The third-order valence-corrected chi connectivity index (χ3v) is 11.5. The summed E-state index contributed by atoms with van der Waals surface area (Å²) in [6, 6.07) is 5.25. The number of nitrogens with one attached hydrogen (secondary N) is 1. The van der Waals surface area contributed by atoms with Gasteiger partial charge in [0.25, 0.3) is 5.91 Å². The van der Waals surface area contributed by atoms with Gasteiger partial charge in [-0.2, -0.15) is 0 Å². The molecule has 4 amide bonds. The highest BCUT2D eigenvalue weighted by atomic mass is 35.5. The van der Waals surface area contributed by atoms with Crippen LogP contribution < -0.4 is 11.1 Å². The number of nitrogens with zero attached hydrogens (tertiary/aromatic N) is 4. The number of anilines is 2. The quantitative estimate of drug-likeness (QED) is 0.328. The molecule has 3 N–H and O–H groups in total. The first-order valence-corrected chi connectivity index (χ1v) is 17.6. The molecule has 46 heavy (non-hydrogen) atoms. The first-order valence-electron chi connectivity index (χ1n) is 16.3. The van der Waals surface area contributed by atoms with Crippen molar-refractivity contribution in [3.63, 3.8) is 0 Å². The second-order valence-corrected chi connectivity index (χ2v) is 14.5. The number of amides is 4. The Morgan fingerprint density at radius 3 is 2.39 bits per heavy atom. The maximum absolute atomic E-state index is 14.0. The number of nitrogen functional groups attached to an aromatic ring is 1. The molecule has 3 saturated heterocycles. The Bertz CT molecular complexity index is 1480. The highest BCUT2D eigenvalue weighted by Crippen LogP contribution is 2.34. The minimum absolute atomic E-state index is 0.0155. The Morgan fingerprint density at radius 2 is 1.72 bits per heavy atom. The van der Waals surface area contributed by atoms with Crippen LogP contribution in [0.5, 0.6) is 0 Å². The minimum Gasteiger partial charge on any atom is -0.436 e. The van der Waals surface area contributed by atoms with Gasteiger partial charge in [-0.1, -0.05) is 17.5 Å². The van der Waals surface area contributed by atoms with Crippen LogP contribution in [-0.4, -0.2) is 96.1 Å². The summed E-state index contributed by atoms with van der Waals surface area (Å²) in [7, 11) is 2.18. The maximum Gasteiger partial charge on any atom is 0.410 e. The van der Waals surface area contributed by atoms with Crippen LogP contribution in [0, 0.1) is 24.2 Å². The van der Waals surface area contributed by atoms with Gasteiger partial charge in [0.1, 0.15) is 0 Å². The zero-order valence-electron chi connectivity index (χ0n) is 26.4. The lowest BCUT2D eigenvalue weighted by Gasteiger charge is -2.41. The van der Waals surface area contributed by atoms with Crippen molar-refractivity contribution in [1.29, 1.82) is 0 Å². The van der Waals surface area contributed by atoms with Gasteiger partial charge in [-0.05, 0) is 99.6 Å². The van der Waals surface area contributed by atoms with Gasteiger partial charge >= 0.3 is 12.1 Å². The molecule has 12 heteroatoms. The molecule has 1 aromatic heterocycles. The molecule has 0 saturated carbocycles. The molecule has 246 valence electrons. The van der Waals surface area contributed by atoms with Crippen molar-refractivity contribution in [3.8, 4) is 12.3 Å². The van der Waals surface area contributed by atoms with Gasteiger partial charge < -0.3 is 35.4 Å². The number of benzene rings is 1. The summed E-state index contributed by atoms with van der Waals surface area (Å²) in [5.41, 5.74) is 8.36. The van der Waals surface area contributed by atoms with Crippen LogP contribution in [0.1, 0.15) is 54.5 Å². The van der Waals surface area contributed by atoms with Gasteiger partial charge in [0, 0.05) is 49.1 Å². The van der Waals surface area contributed by atoms with E-state index in [0.717, 1.165) is 36.5 Å². The molecule has 5 heterocycles. The Labute approximate surface area is 280 Å². The highest BCUT2D eigenvalue weighted by Gasteiger charge is 2.37. The van der Waals surface area contributed by atoms with Crippen molar-refractivity contribution < 1.29 is 19.1 Å². The lowest BCUT2D eigenvalue weighted by molar-refractivity contribution is -0.142. The summed E-state index contributed by atoms with van der Waals surface area (Å²) in [6.07, 6.45) is 9.84. The van der Waals surface area contributed by atoms with Crippen LogP contribution in [-0.2, 0) is 22.5 Å². The van der Waals surface area contributed by atoms with Gasteiger partial charge in [-0.3, -0.25) is 4.79 Å². The number of ether oxygens (including phenoxy) is 1. The first-order chi connectivity index (χ1) is 22.2. The van der Waals surface area contributed by atoms with Crippen LogP contribution >= 0.6 is 22.9 Å². The number of hydrogen-bond acceptors (Lipinski definition) is 7. The van der Waals surface area contributed by atoms with Crippen molar-refractivity contribution in [2.45, 2.75) is 63.6 Å². The number of nitrogens with two attached hydrogens (primary N) is 1. The Kier molecular flexibility index (Phi) is 9.97. The van der Waals surface area contributed by atoms with Crippen LogP contribution in [0.15, 0.2) is 23.6 Å². The second-order valence-electron chi connectivity index (χ2n) is 13.1. The topological polar surface area (TPSA) is 111 Å². The van der Waals surface area contributed by atoms with E-state index in [4.69, 9.17) is 28.5 Å². The van der Waals surface area contributed by atoms with E-state index in [0.29, 0.717) is 79.2 Å². The summed E-state index contributed by atoms with van der Waals surface area (Å²) >= 11 is 8.01. The molecule has 0 unspecified atom stereocenters. The molecule has 0 aliphatic carbocycles. The number of carbonyl (C=O) groups excluding carboxylic acids is 3. The van der Waals surface area contributed by atoms with E-state index in [-0.39, 0.29) is 24.4 Å². The van der Waals surface area contributed by atoms with Crippen molar-refractivity contribution >= 4 is 52.3 Å². The van der Waals surface area contributed by atoms with Crippen LogP contribution in [0.25, 0.3) is 0 Å². The zero-order chi connectivity index (χ0) is 32.4. The van der Waals surface area contributed by atoms with Gasteiger partial charge in [0.05, 0.1) is 22.9 Å². The zero-order valence-corrected chi connectivity index (χ0v) is 28.0. The normalized spacial score (nSPS) is 21.0. The van der Waals surface area contributed by atoms with Gasteiger partial charge in [-0.15, -0.1) is 17.8 Å². The van der Waals surface area contributed by atoms with Crippen LogP contribution in [0.4, 0.5) is 21.0 Å². The van der Waals surface area contributed by atoms with Crippen molar-refractivity contribution in [2.24, 2.45) is 11.8 Å². The van der Waals surface area contributed by atoms with Crippen molar-refractivity contribution in [2.75, 3.05) is 57.4 Å². The van der Waals surface area contributed by atoms with Gasteiger partial charge in [-0.25, -0.2) is 9.59 Å². The van der Waals surface area contributed by atoms with E-state index in [1.165, 1.54) is 12.8 Å². The Morgan fingerprint density at radius 1 is 1.07 bits per heavy atom. The SMILES string of the molecule is C#Cc1cc(C[C@@H](OC(=O)N2CCC(N3Cc4sccc4NC3=O)CC2)C(=O)N2CCC(C3CCN(C)CC3)CC2)cc(Cl)c1N. The van der Waals surface area contributed by atoms with Crippen molar-refractivity contribution in [1.82, 2.24) is 19.6 Å². The van der Waals surface area contributed by atoms with E-state index in [1.807, 2.05) is 21.2 Å². The number of piperidine rings is 3. The largest absolute Gasteiger partial charge is 0.436 e. The molecule has 4 aliphatic heterocycles. The average molecular weight is 667 g/mol. The lowest BCUT2D eigenvalue weighted by Crippen LogP contribution is -2.52. The Balaban J connectivity index is 1.10. The van der Waals surface area contributed by atoms with E-state index in [9.17, 15) is 14.4 Å². The van der Waals surface area contributed by atoms with E-state index < -0.39 is 12.2 Å². The van der Waals surface area contributed by atoms with E-state index >= 15 is 0 Å². The molecule has 0 radical (unpaired) electrons. The number of hydrogen-bond donors (Lipinski definition) is 2. The van der Waals surface area contributed by atoms with E-state index in [1.54, 1.807) is 28.4 Å². The van der Waals surface area contributed by atoms with Gasteiger partial charge in [0.15, 0.2) is 6.10 Å². The van der Waals surface area contributed by atoms with Gasteiger partial charge in [0.2, 0.25) is 0 Å². The third kappa shape index (κ3) is 7.09. The summed E-state index contributed by atoms with van der Waals surface area (Å²) < 4.78 is 6.02. The molecule has 1 atom stereocenters. The molecule has 6 rings (SSSR count). The first kappa shape index (κ1) is 32.5. The molecule has 0 bridgehead atoms. The fraction of sp³-hybridized carbons (Fsp3) is 0.559. The minimum atomic E-state index is -1.03. The number of rotatable bonds is 6. The molecule has 1 aromatic carbocycles. The molecular weight excluding hydrogens is 624 g/mol. The molecule has 2 aromatic rings. The van der Waals surface area contributed by atoms with Crippen molar-refractivity contribution in [3.05, 3.63) is 44.6 Å². The predicted molar refractivity (Wildman–Crippen MR) is 181 cm³/mol. The summed E-state index contributed by atoms with van der Waals surface area (Å²) in [5, 5.41) is 5.26. The smallest absolute Gasteiger partial charge is 0.410 e. The maximum atomic E-state index is 14.0. The monoisotopic (exact) mass is 666 g/mol. The number of terminal acetylenes is 1. The molecule has 4 aliphatic rings. The number of carbonyl (C=O) groups is 3. The fourth-order valence-corrected chi connectivity index (χ4v) is 8.51. The fourth-order valence-electron chi connectivity index (χ4n) is 7.44. The Hall–Kier alpha value is -3.46. The number of likely N-dealkylation sites (tertiary alicyclic amines) is 3. The van der Waals surface area contributed by atoms with E-state index in [2.05, 4.69) is 23.2 Å².